The first-order valence-electron chi connectivity index (χ1n) is 4.43. The fourth-order valence-electron chi connectivity index (χ4n) is 0.785. The standard InChI is InChI=1S/C7H15F2NO4S/c1-3-13-6(14-4-2)5-10-15(11,12)7(8)9/h6-7,10H,3-5H2,1-2H3. The molecule has 15 heavy (non-hydrogen) atoms. The molecule has 0 aromatic rings. The van der Waals surface area contributed by atoms with Crippen LogP contribution in [-0.2, 0) is 19.5 Å². The molecule has 0 amide bonds. The van der Waals surface area contributed by atoms with Crippen LogP contribution in [0.4, 0.5) is 8.78 Å². The Morgan fingerprint density at radius 2 is 1.67 bits per heavy atom. The van der Waals surface area contributed by atoms with E-state index in [4.69, 9.17) is 9.47 Å². The van der Waals surface area contributed by atoms with Crippen molar-refractivity contribution in [3.8, 4) is 0 Å². The molecule has 0 spiro atoms. The van der Waals surface area contributed by atoms with Crippen LogP contribution in [0.15, 0.2) is 0 Å². The van der Waals surface area contributed by atoms with E-state index in [1.165, 1.54) is 0 Å². The molecule has 0 aliphatic heterocycles. The zero-order chi connectivity index (χ0) is 11.9. The molecule has 0 aliphatic rings. The summed E-state index contributed by atoms with van der Waals surface area (Å²) in [4.78, 5) is 0. The third-order valence-corrected chi connectivity index (χ3v) is 2.43. The van der Waals surface area contributed by atoms with Crippen LogP contribution < -0.4 is 4.72 Å². The molecule has 0 rings (SSSR count). The Morgan fingerprint density at radius 1 is 1.20 bits per heavy atom. The molecule has 0 heterocycles. The number of rotatable bonds is 8. The summed E-state index contributed by atoms with van der Waals surface area (Å²) < 4.78 is 56.8. The predicted molar refractivity (Wildman–Crippen MR) is 50.0 cm³/mol. The summed E-state index contributed by atoms with van der Waals surface area (Å²) in [7, 11) is -4.57. The van der Waals surface area contributed by atoms with Crippen LogP contribution in [0.5, 0.6) is 0 Å². The first-order chi connectivity index (χ1) is 6.94. The molecule has 92 valence electrons. The number of nitrogens with one attached hydrogen (secondary N) is 1. The third kappa shape index (κ3) is 5.98. The van der Waals surface area contributed by atoms with Crippen molar-refractivity contribution in [2.45, 2.75) is 25.9 Å². The van der Waals surface area contributed by atoms with Crippen LogP contribution in [0.1, 0.15) is 13.8 Å². The Balaban J connectivity index is 4.09. The number of halogens is 2. The molecule has 0 fully saturated rings. The Labute approximate surface area is 87.8 Å². The molecular weight excluding hydrogens is 232 g/mol. The second-order valence-electron chi connectivity index (χ2n) is 2.49. The van der Waals surface area contributed by atoms with Gasteiger partial charge in [0.1, 0.15) is 0 Å². The van der Waals surface area contributed by atoms with Crippen LogP contribution >= 0.6 is 0 Å². The largest absolute Gasteiger partial charge is 0.352 e. The van der Waals surface area contributed by atoms with Crippen LogP contribution in [-0.4, -0.2) is 40.2 Å². The Hall–Kier alpha value is -0.310. The van der Waals surface area contributed by atoms with Gasteiger partial charge in [0.2, 0.25) is 0 Å². The highest BCUT2D eigenvalue weighted by atomic mass is 32.2. The summed E-state index contributed by atoms with van der Waals surface area (Å²) in [6, 6.07) is 0. The zero-order valence-corrected chi connectivity index (χ0v) is 9.39. The summed E-state index contributed by atoms with van der Waals surface area (Å²) in [5.41, 5.74) is 0. The maximum atomic E-state index is 11.9. The van der Waals surface area contributed by atoms with Crippen LogP contribution in [0.25, 0.3) is 0 Å². The van der Waals surface area contributed by atoms with Crippen molar-refractivity contribution in [3.63, 3.8) is 0 Å². The van der Waals surface area contributed by atoms with E-state index in [0.717, 1.165) is 0 Å². The van der Waals surface area contributed by atoms with Gasteiger partial charge in [-0.15, -0.1) is 0 Å². The van der Waals surface area contributed by atoms with Gasteiger partial charge in [0, 0.05) is 13.2 Å². The average molecular weight is 247 g/mol. The molecule has 0 aromatic carbocycles. The number of sulfonamides is 1. The summed E-state index contributed by atoms with van der Waals surface area (Å²) in [5, 5.41) is 0. The minimum atomic E-state index is -4.57. The maximum absolute atomic E-state index is 11.9. The Morgan fingerprint density at radius 3 is 2.00 bits per heavy atom. The van der Waals surface area contributed by atoms with E-state index in [0.29, 0.717) is 13.2 Å². The molecule has 0 aliphatic carbocycles. The van der Waals surface area contributed by atoms with Gasteiger partial charge in [-0.3, -0.25) is 0 Å². The van der Waals surface area contributed by atoms with Crippen molar-refractivity contribution in [2.75, 3.05) is 19.8 Å². The van der Waals surface area contributed by atoms with Crippen LogP contribution in [0.2, 0.25) is 0 Å². The molecule has 0 unspecified atom stereocenters. The van der Waals surface area contributed by atoms with E-state index in [-0.39, 0.29) is 6.54 Å². The molecule has 0 atom stereocenters. The van der Waals surface area contributed by atoms with E-state index in [2.05, 4.69) is 0 Å². The van der Waals surface area contributed by atoms with E-state index < -0.39 is 22.1 Å². The van der Waals surface area contributed by atoms with E-state index in [9.17, 15) is 17.2 Å². The van der Waals surface area contributed by atoms with Crippen molar-refractivity contribution in [1.82, 2.24) is 4.72 Å². The lowest BCUT2D eigenvalue weighted by Crippen LogP contribution is -2.38. The molecule has 8 heteroatoms. The van der Waals surface area contributed by atoms with Gasteiger partial charge in [-0.1, -0.05) is 0 Å². The summed E-state index contributed by atoms with van der Waals surface area (Å²) in [5.74, 6) is -3.44. The fraction of sp³-hybridized carbons (Fsp3) is 1.00. The Bertz CT molecular complexity index is 252. The minimum Gasteiger partial charge on any atom is -0.352 e. The smallest absolute Gasteiger partial charge is 0.350 e. The Kier molecular flexibility index (Phi) is 6.90. The minimum absolute atomic E-state index is 0.307. The van der Waals surface area contributed by atoms with E-state index >= 15 is 0 Å². The van der Waals surface area contributed by atoms with Crippen molar-refractivity contribution in [1.29, 1.82) is 0 Å². The molecular formula is C7H15F2NO4S. The van der Waals surface area contributed by atoms with E-state index in [1.807, 2.05) is 0 Å². The van der Waals surface area contributed by atoms with Gasteiger partial charge in [-0.25, -0.2) is 13.1 Å². The third-order valence-electron chi connectivity index (χ3n) is 1.39. The first-order valence-corrected chi connectivity index (χ1v) is 5.98. The van der Waals surface area contributed by atoms with Crippen molar-refractivity contribution in [2.24, 2.45) is 0 Å². The van der Waals surface area contributed by atoms with Crippen molar-refractivity contribution < 1.29 is 26.7 Å². The normalized spacial score (nSPS) is 12.7. The van der Waals surface area contributed by atoms with Gasteiger partial charge in [0.05, 0.1) is 6.54 Å². The van der Waals surface area contributed by atoms with E-state index in [1.54, 1.807) is 18.6 Å². The molecule has 0 saturated carbocycles. The van der Waals surface area contributed by atoms with Crippen molar-refractivity contribution in [3.05, 3.63) is 0 Å². The number of alkyl halides is 2. The fourth-order valence-corrected chi connectivity index (χ4v) is 1.28. The molecule has 0 aromatic heterocycles. The van der Waals surface area contributed by atoms with Gasteiger partial charge in [-0.05, 0) is 13.8 Å². The van der Waals surface area contributed by atoms with Gasteiger partial charge in [0.25, 0.3) is 10.0 Å². The van der Waals surface area contributed by atoms with Crippen molar-refractivity contribution >= 4 is 10.0 Å². The quantitative estimate of drug-likeness (QED) is 0.635. The highest BCUT2D eigenvalue weighted by Gasteiger charge is 2.24. The number of hydrogen-bond acceptors (Lipinski definition) is 4. The lowest BCUT2D eigenvalue weighted by Gasteiger charge is -2.17. The monoisotopic (exact) mass is 247 g/mol. The average Bonchev–Trinajstić information content (AvgIpc) is 2.15. The molecule has 1 N–H and O–H groups in total. The van der Waals surface area contributed by atoms with Crippen LogP contribution in [0.3, 0.4) is 0 Å². The van der Waals surface area contributed by atoms with Gasteiger partial charge < -0.3 is 9.47 Å². The second kappa shape index (κ2) is 7.04. The molecule has 0 radical (unpaired) electrons. The SMILES string of the molecule is CCOC(CNS(=O)(=O)C(F)F)OCC. The second-order valence-corrected chi connectivity index (χ2v) is 4.23. The lowest BCUT2D eigenvalue weighted by molar-refractivity contribution is -0.130. The number of ether oxygens (including phenoxy) is 2. The number of hydrogen-bond donors (Lipinski definition) is 1. The summed E-state index contributed by atoms with van der Waals surface area (Å²) in [6.45, 7) is 3.66. The first kappa shape index (κ1) is 14.7. The highest BCUT2D eigenvalue weighted by molar-refractivity contribution is 7.89. The maximum Gasteiger partial charge on any atom is 0.350 e. The summed E-state index contributed by atoms with van der Waals surface area (Å²) in [6.07, 6.45) is -0.839. The lowest BCUT2D eigenvalue weighted by atomic mass is 10.6. The van der Waals surface area contributed by atoms with Crippen LogP contribution in [0, 0.1) is 0 Å². The van der Waals surface area contributed by atoms with Gasteiger partial charge in [-0.2, -0.15) is 8.78 Å². The molecule has 0 saturated heterocycles. The highest BCUT2D eigenvalue weighted by Crippen LogP contribution is 2.02. The van der Waals surface area contributed by atoms with Gasteiger partial charge in [0.15, 0.2) is 6.29 Å². The summed E-state index contributed by atoms with van der Waals surface area (Å²) >= 11 is 0. The van der Waals surface area contributed by atoms with Gasteiger partial charge >= 0.3 is 5.76 Å². The zero-order valence-electron chi connectivity index (χ0n) is 8.57. The predicted octanol–water partition coefficient (Wildman–Crippen LogP) is 0.527. The molecule has 5 nitrogen and oxygen atoms in total. The topological polar surface area (TPSA) is 64.6 Å². The molecule has 0 bridgehead atoms.